The lowest BCUT2D eigenvalue weighted by atomic mass is 10.1. The second-order valence-corrected chi connectivity index (χ2v) is 3.94. The third kappa shape index (κ3) is 3.44. The summed E-state index contributed by atoms with van der Waals surface area (Å²) in [6.07, 6.45) is 0.479. The standard InChI is InChI=1S/C10H20N2O3/c1-8(2-3-11)10(14)12-4-5-15-9(6-12)7-13/h8-9,13H,2-7,11H2,1H3. The van der Waals surface area contributed by atoms with Gasteiger partial charge in [-0.3, -0.25) is 4.79 Å². The van der Waals surface area contributed by atoms with Gasteiger partial charge in [0, 0.05) is 19.0 Å². The highest BCUT2D eigenvalue weighted by molar-refractivity contribution is 5.78. The normalized spacial score (nSPS) is 23.9. The molecule has 1 rings (SSSR count). The minimum Gasteiger partial charge on any atom is -0.394 e. The van der Waals surface area contributed by atoms with Crippen molar-refractivity contribution in [3.8, 4) is 0 Å². The van der Waals surface area contributed by atoms with Crippen LogP contribution < -0.4 is 5.73 Å². The Morgan fingerprint density at radius 3 is 3.07 bits per heavy atom. The summed E-state index contributed by atoms with van der Waals surface area (Å²) in [4.78, 5) is 13.6. The van der Waals surface area contributed by atoms with Crippen LogP contribution in [0.2, 0.25) is 0 Å². The quantitative estimate of drug-likeness (QED) is 0.644. The van der Waals surface area contributed by atoms with Crippen molar-refractivity contribution in [3.63, 3.8) is 0 Å². The third-order valence-corrected chi connectivity index (χ3v) is 2.68. The van der Waals surface area contributed by atoms with Crippen molar-refractivity contribution in [1.82, 2.24) is 4.90 Å². The predicted molar refractivity (Wildman–Crippen MR) is 56.2 cm³/mol. The van der Waals surface area contributed by atoms with Crippen LogP contribution in [0.3, 0.4) is 0 Å². The van der Waals surface area contributed by atoms with E-state index in [1.807, 2.05) is 6.92 Å². The molecule has 2 unspecified atom stereocenters. The highest BCUT2D eigenvalue weighted by Gasteiger charge is 2.26. The molecule has 0 aromatic carbocycles. The van der Waals surface area contributed by atoms with Crippen LogP contribution >= 0.6 is 0 Å². The number of rotatable bonds is 4. The van der Waals surface area contributed by atoms with Gasteiger partial charge in [-0.1, -0.05) is 6.92 Å². The molecule has 5 nitrogen and oxygen atoms in total. The number of carbonyl (C=O) groups is 1. The summed E-state index contributed by atoms with van der Waals surface area (Å²) in [5.41, 5.74) is 5.41. The number of morpholine rings is 1. The number of hydrogen-bond donors (Lipinski definition) is 2. The van der Waals surface area contributed by atoms with Gasteiger partial charge in [-0.2, -0.15) is 0 Å². The molecule has 0 aromatic rings. The molecule has 1 aliphatic rings. The first-order valence-electron chi connectivity index (χ1n) is 5.40. The fourth-order valence-corrected chi connectivity index (χ4v) is 1.72. The van der Waals surface area contributed by atoms with Crippen LogP contribution in [-0.4, -0.2) is 54.9 Å². The number of ether oxygens (including phenoxy) is 1. The summed E-state index contributed by atoms with van der Waals surface area (Å²) in [5.74, 6) is 0.0784. The smallest absolute Gasteiger partial charge is 0.225 e. The van der Waals surface area contributed by atoms with Crippen LogP contribution in [0.1, 0.15) is 13.3 Å². The van der Waals surface area contributed by atoms with Crippen molar-refractivity contribution in [2.45, 2.75) is 19.4 Å². The Kier molecular flexibility index (Phi) is 5.01. The maximum atomic E-state index is 11.9. The van der Waals surface area contributed by atoms with Gasteiger partial charge >= 0.3 is 0 Å². The molecule has 15 heavy (non-hydrogen) atoms. The SMILES string of the molecule is CC(CCN)C(=O)N1CCOC(CO)C1. The molecular weight excluding hydrogens is 196 g/mol. The van der Waals surface area contributed by atoms with E-state index in [4.69, 9.17) is 15.6 Å². The van der Waals surface area contributed by atoms with Gasteiger partial charge in [0.1, 0.15) is 0 Å². The van der Waals surface area contributed by atoms with E-state index in [1.54, 1.807) is 4.90 Å². The molecule has 1 amide bonds. The van der Waals surface area contributed by atoms with Crippen LogP contribution in [0.4, 0.5) is 0 Å². The number of nitrogens with zero attached hydrogens (tertiary/aromatic N) is 1. The molecule has 0 bridgehead atoms. The van der Waals surface area contributed by atoms with E-state index in [1.165, 1.54) is 0 Å². The summed E-state index contributed by atoms with van der Waals surface area (Å²) in [6, 6.07) is 0. The Bertz CT molecular complexity index is 211. The second kappa shape index (κ2) is 6.05. The fraction of sp³-hybridized carbons (Fsp3) is 0.900. The van der Waals surface area contributed by atoms with Gasteiger partial charge in [0.15, 0.2) is 0 Å². The number of aliphatic hydroxyl groups excluding tert-OH is 1. The second-order valence-electron chi connectivity index (χ2n) is 3.94. The van der Waals surface area contributed by atoms with Crippen molar-refractivity contribution in [2.75, 3.05) is 32.8 Å². The summed E-state index contributed by atoms with van der Waals surface area (Å²) >= 11 is 0. The third-order valence-electron chi connectivity index (χ3n) is 2.68. The van der Waals surface area contributed by atoms with E-state index >= 15 is 0 Å². The molecule has 1 fully saturated rings. The Morgan fingerprint density at radius 2 is 2.47 bits per heavy atom. The molecule has 5 heteroatoms. The number of amides is 1. The monoisotopic (exact) mass is 216 g/mol. The van der Waals surface area contributed by atoms with E-state index in [0.717, 1.165) is 0 Å². The van der Waals surface area contributed by atoms with Crippen LogP contribution in [0.15, 0.2) is 0 Å². The molecular formula is C10H20N2O3. The van der Waals surface area contributed by atoms with Gasteiger partial charge in [-0.25, -0.2) is 0 Å². The minimum absolute atomic E-state index is 0.0327. The molecule has 0 spiro atoms. The Labute approximate surface area is 90.2 Å². The number of nitrogens with two attached hydrogens (primary N) is 1. The largest absolute Gasteiger partial charge is 0.394 e. The summed E-state index contributed by atoms with van der Waals surface area (Å²) in [6.45, 7) is 4.00. The molecule has 0 aliphatic carbocycles. The van der Waals surface area contributed by atoms with Crippen molar-refractivity contribution < 1.29 is 14.6 Å². The van der Waals surface area contributed by atoms with Gasteiger partial charge in [0.25, 0.3) is 0 Å². The average Bonchev–Trinajstić information content (AvgIpc) is 2.28. The van der Waals surface area contributed by atoms with Gasteiger partial charge < -0.3 is 20.5 Å². The van der Waals surface area contributed by atoms with Crippen LogP contribution in [0.25, 0.3) is 0 Å². The van der Waals surface area contributed by atoms with Crippen LogP contribution in [0, 0.1) is 5.92 Å². The van der Waals surface area contributed by atoms with E-state index < -0.39 is 0 Å². The minimum atomic E-state index is -0.229. The van der Waals surface area contributed by atoms with E-state index in [9.17, 15) is 4.79 Å². The number of aliphatic hydroxyl groups is 1. The molecule has 0 aromatic heterocycles. The van der Waals surface area contributed by atoms with Gasteiger partial charge in [0.05, 0.1) is 19.3 Å². The lowest BCUT2D eigenvalue weighted by Gasteiger charge is -2.33. The molecule has 0 radical (unpaired) electrons. The lowest BCUT2D eigenvalue weighted by molar-refractivity contribution is -0.144. The first-order chi connectivity index (χ1) is 7.19. The fourth-order valence-electron chi connectivity index (χ4n) is 1.72. The van der Waals surface area contributed by atoms with Crippen LogP contribution in [0.5, 0.6) is 0 Å². The summed E-state index contributed by atoms with van der Waals surface area (Å²) < 4.78 is 5.28. The first kappa shape index (κ1) is 12.4. The Hall–Kier alpha value is -0.650. The lowest BCUT2D eigenvalue weighted by Crippen LogP contribution is -2.48. The van der Waals surface area contributed by atoms with Crippen LogP contribution in [-0.2, 0) is 9.53 Å². The van der Waals surface area contributed by atoms with Gasteiger partial charge in [-0.15, -0.1) is 0 Å². The summed E-state index contributed by atoms with van der Waals surface area (Å²) in [7, 11) is 0. The molecule has 1 saturated heterocycles. The predicted octanol–water partition coefficient (Wildman–Crippen LogP) is -0.809. The molecule has 2 atom stereocenters. The van der Waals surface area contributed by atoms with Crippen molar-refractivity contribution in [1.29, 1.82) is 0 Å². The highest BCUT2D eigenvalue weighted by Crippen LogP contribution is 2.11. The van der Waals surface area contributed by atoms with E-state index in [-0.39, 0.29) is 24.5 Å². The van der Waals surface area contributed by atoms with Crippen molar-refractivity contribution in [2.24, 2.45) is 11.7 Å². The Balaban J connectivity index is 2.44. The first-order valence-corrected chi connectivity index (χ1v) is 5.40. The van der Waals surface area contributed by atoms with Gasteiger partial charge in [-0.05, 0) is 13.0 Å². The Morgan fingerprint density at radius 1 is 1.73 bits per heavy atom. The van der Waals surface area contributed by atoms with Crippen molar-refractivity contribution >= 4 is 5.91 Å². The topological polar surface area (TPSA) is 75.8 Å². The summed E-state index contributed by atoms with van der Waals surface area (Å²) in [5, 5.41) is 8.95. The zero-order valence-corrected chi connectivity index (χ0v) is 9.19. The zero-order chi connectivity index (χ0) is 11.3. The van der Waals surface area contributed by atoms with Gasteiger partial charge in [0.2, 0.25) is 5.91 Å². The van der Waals surface area contributed by atoms with E-state index in [0.29, 0.717) is 32.7 Å². The molecule has 1 heterocycles. The van der Waals surface area contributed by atoms with Crippen molar-refractivity contribution in [3.05, 3.63) is 0 Å². The maximum absolute atomic E-state index is 11.9. The molecule has 0 saturated carbocycles. The zero-order valence-electron chi connectivity index (χ0n) is 9.19. The number of hydrogen-bond acceptors (Lipinski definition) is 4. The average molecular weight is 216 g/mol. The molecule has 3 N–H and O–H groups in total. The number of carbonyl (C=O) groups excluding carboxylic acids is 1. The highest BCUT2D eigenvalue weighted by atomic mass is 16.5. The van der Waals surface area contributed by atoms with E-state index in [2.05, 4.69) is 0 Å². The molecule has 1 aliphatic heterocycles. The maximum Gasteiger partial charge on any atom is 0.225 e. The molecule has 88 valence electrons.